The lowest BCUT2D eigenvalue weighted by molar-refractivity contribution is -0.114. The maximum atomic E-state index is 12.2. The molecule has 2 N–H and O–H groups in total. The molecule has 0 radical (unpaired) electrons. The molecule has 0 aliphatic heterocycles. The van der Waals surface area contributed by atoms with Crippen molar-refractivity contribution in [2.45, 2.75) is 33.6 Å². The quantitative estimate of drug-likeness (QED) is 0.840. The Balaban J connectivity index is 2.02. The van der Waals surface area contributed by atoms with Crippen LogP contribution in [-0.4, -0.2) is 12.5 Å². The second-order valence-electron chi connectivity index (χ2n) is 5.38. The molecule has 22 heavy (non-hydrogen) atoms. The Morgan fingerprint density at radius 2 is 1.64 bits per heavy atom. The van der Waals surface area contributed by atoms with E-state index in [1.165, 1.54) is 11.1 Å². The van der Waals surface area contributed by atoms with Gasteiger partial charge < -0.3 is 10.6 Å². The number of carbonyl (C=O) groups is 1. The summed E-state index contributed by atoms with van der Waals surface area (Å²) in [4.78, 5) is 12.2. The molecule has 2 rings (SSSR count). The average molecular weight is 296 g/mol. The molecule has 3 heteroatoms. The number of benzene rings is 2. The fraction of sp³-hybridized carbons (Fsp3) is 0.316. The van der Waals surface area contributed by atoms with Crippen LogP contribution in [-0.2, 0) is 17.6 Å². The summed E-state index contributed by atoms with van der Waals surface area (Å²) >= 11 is 0. The normalized spacial score (nSPS) is 10.3. The maximum absolute atomic E-state index is 12.2. The fourth-order valence-electron chi connectivity index (χ4n) is 2.56. The van der Waals surface area contributed by atoms with E-state index in [4.69, 9.17) is 0 Å². The molecule has 0 fully saturated rings. The molecule has 0 heterocycles. The standard InChI is InChI=1S/C19H24N2O/c1-4-15-10-6-7-12-17(15)20-13-18(22)21-19-14(3)9-8-11-16(19)5-2/h6-12,20H,4-5,13H2,1-3H3,(H,21,22). The molecule has 3 nitrogen and oxygen atoms in total. The number of aryl methyl sites for hydroxylation is 3. The molecule has 0 unspecified atom stereocenters. The van der Waals surface area contributed by atoms with Gasteiger partial charge in [0.2, 0.25) is 5.91 Å². The Kier molecular flexibility index (Phi) is 5.59. The number of carbonyl (C=O) groups excluding carboxylic acids is 1. The van der Waals surface area contributed by atoms with Crippen LogP contribution in [0.15, 0.2) is 42.5 Å². The molecule has 1 amide bonds. The van der Waals surface area contributed by atoms with Crippen LogP contribution in [0.25, 0.3) is 0 Å². The van der Waals surface area contributed by atoms with Crippen LogP contribution >= 0.6 is 0 Å². The number of hydrogen-bond donors (Lipinski definition) is 2. The van der Waals surface area contributed by atoms with Crippen LogP contribution in [0.2, 0.25) is 0 Å². The van der Waals surface area contributed by atoms with E-state index in [-0.39, 0.29) is 12.5 Å². The highest BCUT2D eigenvalue weighted by Gasteiger charge is 2.09. The molecule has 0 spiro atoms. The minimum absolute atomic E-state index is 0.0186. The van der Waals surface area contributed by atoms with Gasteiger partial charge in [0.1, 0.15) is 0 Å². The van der Waals surface area contributed by atoms with Gasteiger partial charge in [0.05, 0.1) is 6.54 Å². The Labute approximate surface area is 132 Å². The first-order valence-electron chi connectivity index (χ1n) is 7.85. The predicted molar refractivity (Wildman–Crippen MR) is 93.5 cm³/mol. The van der Waals surface area contributed by atoms with Gasteiger partial charge in [0, 0.05) is 11.4 Å². The third kappa shape index (κ3) is 3.88. The largest absolute Gasteiger partial charge is 0.376 e. The van der Waals surface area contributed by atoms with E-state index in [0.717, 1.165) is 29.8 Å². The summed E-state index contributed by atoms with van der Waals surface area (Å²) < 4.78 is 0. The third-order valence-electron chi connectivity index (χ3n) is 3.84. The topological polar surface area (TPSA) is 41.1 Å². The summed E-state index contributed by atoms with van der Waals surface area (Å²) in [5.74, 6) is -0.0186. The zero-order valence-electron chi connectivity index (χ0n) is 13.6. The Morgan fingerprint density at radius 1 is 0.955 bits per heavy atom. The van der Waals surface area contributed by atoms with Gasteiger partial charge in [0.15, 0.2) is 0 Å². The van der Waals surface area contributed by atoms with Gasteiger partial charge >= 0.3 is 0 Å². The van der Waals surface area contributed by atoms with Crippen molar-refractivity contribution in [2.75, 3.05) is 17.2 Å². The highest BCUT2D eigenvalue weighted by Crippen LogP contribution is 2.21. The highest BCUT2D eigenvalue weighted by atomic mass is 16.1. The van der Waals surface area contributed by atoms with Crippen molar-refractivity contribution < 1.29 is 4.79 Å². The second-order valence-corrected chi connectivity index (χ2v) is 5.38. The lowest BCUT2D eigenvalue weighted by Gasteiger charge is -2.14. The number of anilines is 2. The zero-order chi connectivity index (χ0) is 15.9. The number of hydrogen-bond acceptors (Lipinski definition) is 2. The number of rotatable bonds is 6. The van der Waals surface area contributed by atoms with Crippen molar-refractivity contribution in [3.05, 3.63) is 59.2 Å². The molecule has 0 aliphatic rings. The molecule has 0 aliphatic carbocycles. The van der Waals surface area contributed by atoms with E-state index in [0.29, 0.717) is 0 Å². The van der Waals surface area contributed by atoms with Crippen LogP contribution in [0, 0.1) is 6.92 Å². The summed E-state index contributed by atoms with van der Waals surface area (Å²) in [5, 5.41) is 6.27. The van der Waals surface area contributed by atoms with Gasteiger partial charge in [-0.15, -0.1) is 0 Å². The molecule has 0 aromatic heterocycles. The molecule has 2 aromatic carbocycles. The minimum atomic E-state index is -0.0186. The first kappa shape index (κ1) is 16.1. The first-order valence-corrected chi connectivity index (χ1v) is 7.85. The van der Waals surface area contributed by atoms with Crippen LogP contribution < -0.4 is 10.6 Å². The van der Waals surface area contributed by atoms with E-state index in [1.807, 2.05) is 37.3 Å². The average Bonchev–Trinajstić information content (AvgIpc) is 2.55. The SMILES string of the molecule is CCc1ccccc1NCC(=O)Nc1c(C)cccc1CC. The van der Waals surface area contributed by atoms with Crippen molar-refractivity contribution in [3.63, 3.8) is 0 Å². The highest BCUT2D eigenvalue weighted by molar-refractivity contribution is 5.95. The van der Waals surface area contributed by atoms with Crippen LogP contribution in [0.1, 0.15) is 30.5 Å². The molecule has 2 aromatic rings. The molecule has 0 saturated heterocycles. The summed E-state index contributed by atoms with van der Waals surface area (Å²) in [6, 6.07) is 14.2. The minimum Gasteiger partial charge on any atom is -0.376 e. The summed E-state index contributed by atoms with van der Waals surface area (Å²) in [7, 11) is 0. The Morgan fingerprint density at radius 3 is 2.36 bits per heavy atom. The molecular formula is C19H24N2O. The molecule has 116 valence electrons. The number of para-hydroxylation sites is 2. The van der Waals surface area contributed by atoms with Gasteiger partial charge in [0.25, 0.3) is 0 Å². The molecule has 0 saturated carbocycles. The van der Waals surface area contributed by atoms with E-state index in [9.17, 15) is 4.79 Å². The van der Waals surface area contributed by atoms with Gasteiger partial charge in [-0.2, -0.15) is 0 Å². The van der Waals surface area contributed by atoms with Crippen LogP contribution in [0.3, 0.4) is 0 Å². The molecule has 0 atom stereocenters. The molecule has 0 bridgehead atoms. The van der Waals surface area contributed by atoms with Gasteiger partial charge in [-0.3, -0.25) is 4.79 Å². The van der Waals surface area contributed by atoms with E-state index in [1.54, 1.807) is 0 Å². The summed E-state index contributed by atoms with van der Waals surface area (Å²) in [6.07, 6.45) is 1.85. The smallest absolute Gasteiger partial charge is 0.243 e. The van der Waals surface area contributed by atoms with E-state index >= 15 is 0 Å². The third-order valence-corrected chi connectivity index (χ3v) is 3.84. The Bertz CT molecular complexity index is 650. The van der Waals surface area contributed by atoms with Crippen molar-refractivity contribution >= 4 is 17.3 Å². The fourth-order valence-corrected chi connectivity index (χ4v) is 2.56. The van der Waals surface area contributed by atoms with E-state index < -0.39 is 0 Å². The first-order chi connectivity index (χ1) is 10.7. The number of nitrogens with one attached hydrogen (secondary N) is 2. The lowest BCUT2D eigenvalue weighted by Crippen LogP contribution is -2.23. The van der Waals surface area contributed by atoms with Gasteiger partial charge in [-0.05, 0) is 42.5 Å². The van der Waals surface area contributed by atoms with Gasteiger partial charge in [-0.25, -0.2) is 0 Å². The van der Waals surface area contributed by atoms with Crippen LogP contribution in [0.5, 0.6) is 0 Å². The van der Waals surface area contributed by atoms with Crippen molar-refractivity contribution in [2.24, 2.45) is 0 Å². The zero-order valence-corrected chi connectivity index (χ0v) is 13.6. The maximum Gasteiger partial charge on any atom is 0.243 e. The lowest BCUT2D eigenvalue weighted by atomic mass is 10.1. The summed E-state index contributed by atoms with van der Waals surface area (Å²) in [6.45, 7) is 6.50. The monoisotopic (exact) mass is 296 g/mol. The van der Waals surface area contributed by atoms with E-state index in [2.05, 4.69) is 36.6 Å². The second kappa shape index (κ2) is 7.64. The number of amides is 1. The Hall–Kier alpha value is -2.29. The van der Waals surface area contributed by atoms with Crippen molar-refractivity contribution in [1.82, 2.24) is 0 Å². The molecular weight excluding hydrogens is 272 g/mol. The van der Waals surface area contributed by atoms with Crippen molar-refractivity contribution in [3.8, 4) is 0 Å². The van der Waals surface area contributed by atoms with Gasteiger partial charge in [-0.1, -0.05) is 50.2 Å². The van der Waals surface area contributed by atoms with Crippen molar-refractivity contribution in [1.29, 1.82) is 0 Å². The predicted octanol–water partition coefficient (Wildman–Crippen LogP) is 4.17. The van der Waals surface area contributed by atoms with Crippen LogP contribution in [0.4, 0.5) is 11.4 Å². The summed E-state index contributed by atoms with van der Waals surface area (Å²) in [5.41, 5.74) is 5.46.